The quantitative estimate of drug-likeness (QED) is 0.636. The van der Waals surface area contributed by atoms with Crippen LogP contribution in [0.5, 0.6) is 0 Å². The molecule has 0 aliphatic carbocycles. The number of nitriles is 1. The van der Waals surface area contributed by atoms with E-state index in [0.29, 0.717) is 29.8 Å². The van der Waals surface area contributed by atoms with Crippen molar-refractivity contribution in [3.63, 3.8) is 0 Å². The van der Waals surface area contributed by atoms with Crippen LogP contribution in [-0.4, -0.2) is 48.7 Å². The summed E-state index contributed by atoms with van der Waals surface area (Å²) in [6, 6.07) is 6.83. The van der Waals surface area contributed by atoms with E-state index in [-0.39, 0.29) is 5.69 Å². The average molecular weight is 330 g/mol. The molecule has 128 valence electrons. The van der Waals surface area contributed by atoms with Gasteiger partial charge in [-0.3, -0.25) is 15.0 Å². The topological polar surface area (TPSA) is 91.4 Å². The molecule has 2 fully saturated rings. The number of nitrogens with zero attached hydrogens (tertiary/aromatic N) is 3. The van der Waals surface area contributed by atoms with Crippen LogP contribution in [0.2, 0.25) is 0 Å². The summed E-state index contributed by atoms with van der Waals surface area (Å²) < 4.78 is 5.54. The third kappa shape index (κ3) is 3.66. The van der Waals surface area contributed by atoms with Crippen molar-refractivity contribution in [1.29, 1.82) is 5.26 Å². The van der Waals surface area contributed by atoms with Crippen molar-refractivity contribution in [2.45, 2.75) is 25.3 Å². The lowest BCUT2D eigenvalue weighted by atomic mass is 9.97. The Balaban J connectivity index is 1.74. The first-order chi connectivity index (χ1) is 11.7. The van der Waals surface area contributed by atoms with Gasteiger partial charge in [-0.15, -0.1) is 0 Å². The molecular formula is C17H22N4O3. The zero-order chi connectivity index (χ0) is 16.9. The zero-order valence-corrected chi connectivity index (χ0v) is 13.6. The molecule has 0 aromatic heterocycles. The van der Waals surface area contributed by atoms with Gasteiger partial charge in [0.15, 0.2) is 0 Å². The monoisotopic (exact) mass is 330 g/mol. The van der Waals surface area contributed by atoms with Crippen LogP contribution in [0, 0.1) is 27.4 Å². The van der Waals surface area contributed by atoms with Crippen LogP contribution in [0.1, 0.15) is 24.8 Å². The lowest BCUT2D eigenvalue weighted by Crippen LogP contribution is -2.44. The number of hydrogen-bond donors (Lipinski definition) is 1. The number of nitro benzene ring substituents is 1. The van der Waals surface area contributed by atoms with Crippen LogP contribution in [0.15, 0.2) is 18.2 Å². The van der Waals surface area contributed by atoms with Crippen molar-refractivity contribution in [3.8, 4) is 6.07 Å². The van der Waals surface area contributed by atoms with Gasteiger partial charge >= 0.3 is 0 Å². The smallest absolute Gasteiger partial charge is 0.293 e. The molecule has 0 bridgehead atoms. The van der Waals surface area contributed by atoms with Gasteiger partial charge in [0.1, 0.15) is 5.69 Å². The number of benzene rings is 1. The fraction of sp³-hybridized carbons (Fsp3) is 0.588. The van der Waals surface area contributed by atoms with Crippen LogP contribution < -0.4 is 5.32 Å². The van der Waals surface area contributed by atoms with E-state index in [0.717, 1.165) is 32.7 Å². The van der Waals surface area contributed by atoms with Gasteiger partial charge in [0.2, 0.25) is 0 Å². The lowest BCUT2D eigenvalue weighted by Gasteiger charge is -2.32. The molecule has 24 heavy (non-hydrogen) atoms. The molecule has 3 rings (SSSR count). The van der Waals surface area contributed by atoms with E-state index in [1.807, 2.05) is 6.07 Å². The zero-order valence-electron chi connectivity index (χ0n) is 13.6. The Hall–Kier alpha value is -2.17. The fourth-order valence-corrected chi connectivity index (χ4v) is 3.64. The van der Waals surface area contributed by atoms with E-state index >= 15 is 0 Å². The normalized spacial score (nSPS) is 22.2. The van der Waals surface area contributed by atoms with Crippen LogP contribution in [0.4, 0.5) is 11.4 Å². The molecule has 1 aromatic carbocycles. The standard InChI is InChI=1S/C17H22N4O3/c18-10-13-3-4-15(16(9-13)21(22)23)19-11-17(14-5-8-24-12-14)20-6-1-2-7-20/h3-4,9,14,17,19H,1-2,5-8,11-12H2/t14-,17-/m1/s1. The number of likely N-dealkylation sites (tertiary alicyclic amines) is 1. The van der Waals surface area contributed by atoms with Crippen molar-refractivity contribution in [1.82, 2.24) is 4.90 Å². The number of anilines is 1. The van der Waals surface area contributed by atoms with E-state index in [1.54, 1.807) is 12.1 Å². The Labute approximate surface area is 141 Å². The summed E-state index contributed by atoms with van der Waals surface area (Å²) >= 11 is 0. The van der Waals surface area contributed by atoms with E-state index in [9.17, 15) is 10.1 Å². The third-order valence-electron chi connectivity index (χ3n) is 4.94. The predicted octanol–water partition coefficient (Wildman–Crippen LogP) is 2.38. The van der Waals surface area contributed by atoms with E-state index in [1.165, 1.54) is 18.9 Å². The van der Waals surface area contributed by atoms with Crippen molar-refractivity contribution >= 4 is 11.4 Å². The van der Waals surface area contributed by atoms with Gasteiger partial charge in [-0.1, -0.05) is 0 Å². The number of hydrogen-bond acceptors (Lipinski definition) is 6. The SMILES string of the molecule is N#Cc1ccc(NC[C@H]([C@@H]2CCOC2)N2CCCC2)c([N+](=O)[O-])c1. The van der Waals surface area contributed by atoms with Crippen LogP contribution >= 0.6 is 0 Å². The van der Waals surface area contributed by atoms with Gasteiger partial charge in [0, 0.05) is 31.2 Å². The summed E-state index contributed by atoms with van der Waals surface area (Å²) in [6.07, 6.45) is 3.46. The molecule has 0 amide bonds. The summed E-state index contributed by atoms with van der Waals surface area (Å²) in [5, 5.41) is 23.5. The van der Waals surface area contributed by atoms with E-state index < -0.39 is 4.92 Å². The highest BCUT2D eigenvalue weighted by Crippen LogP contribution is 2.28. The number of rotatable bonds is 6. The number of nitrogens with one attached hydrogen (secondary N) is 1. The Morgan fingerprint density at radius 1 is 1.46 bits per heavy atom. The predicted molar refractivity (Wildman–Crippen MR) is 89.8 cm³/mol. The molecular weight excluding hydrogens is 308 g/mol. The van der Waals surface area contributed by atoms with E-state index in [2.05, 4.69) is 10.2 Å². The highest BCUT2D eigenvalue weighted by molar-refractivity contribution is 5.64. The molecule has 0 radical (unpaired) electrons. The van der Waals surface area contributed by atoms with E-state index in [4.69, 9.17) is 10.00 Å². The molecule has 0 saturated carbocycles. The van der Waals surface area contributed by atoms with Gasteiger partial charge in [-0.2, -0.15) is 5.26 Å². The van der Waals surface area contributed by atoms with Crippen molar-refractivity contribution < 1.29 is 9.66 Å². The molecule has 1 N–H and O–H groups in total. The molecule has 1 aromatic rings. The van der Waals surface area contributed by atoms with Gasteiger partial charge in [0.25, 0.3) is 5.69 Å². The summed E-state index contributed by atoms with van der Waals surface area (Å²) in [6.45, 7) is 4.38. The average Bonchev–Trinajstić information content (AvgIpc) is 3.29. The Kier molecular flexibility index (Phi) is 5.28. The maximum atomic E-state index is 11.3. The van der Waals surface area contributed by atoms with Crippen molar-refractivity contribution in [2.24, 2.45) is 5.92 Å². The van der Waals surface area contributed by atoms with Crippen LogP contribution in [-0.2, 0) is 4.74 Å². The van der Waals surface area contributed by atoms with Gasteiger partial charge in [-0.25, -0.2) is 0 Å². The second-order valence-electron chi connectivity index (χ2n) is 6.42. The maximum absolute atomic E-state index is 11.3. The highest BCUT2D eigenvalue weighted by atomic mass is 16.6. The van der Waals surface area contributed by atoms with Crippen LogP contribution in [0.3, 0.4) is 0 Å². The van der Waals surface area contributed by atoms with Crippen molar-refractivity contribution in [2.75, 3.05) is 38.2 Å². The second-order valence-corrected chi connectivity index (χ2v) is 6.42. The van der Waals surface area contributed by atoms with Gasteiger partial charge < -0.3 is 10.1 Å². The van der Waals surface area contributed by atoms with Crippen LogP contribution in [0.25, 0.3) is 0 Å². The van der Waals surface area contributed by atoms with Gasteiger partial charge in [0.05, 0.1) is 23.2 Å². The molecule has 7 nitrogen and oxygen atoms in total. The molecule has 0 unspecified atom stereocenters. The largest absolute Gasteiger partial charge is 0.381 e. The lowest BCUT2D eigenvalue weighted by molar-refractivity contribution is -0.384. The number of ether oxygens (including phenoxy) is 1. The summed E-state index contributed by atoms with van der Waals surface area (Å²) in [5.41, 5.74) is 0.728. The molecule has 0 spiro atoms. The fourth-order valence-electron chi connectivity index (χ4n) is 3.64. The summed E-state index contributed by atoms with van der Waals surface area (Å²) in [4.78, 5) is 13.3. The maximum Gasteiger partial charge on any atom is 0.293 e. The molecule has 7 heteroatoms. The summed E-state index contributed by atoms with van der Waals surface area (Å²) in [7, 11) is 0. The molecule has 2 heterocycles. The minimum absolute atomic E-state index is 0.0445. The highest BCUT2D eigenvalue weighted by Gasteiger charge is 2.32. The first-order valence-electron chi connectivity index (χ1n) is 8.43. The summed E-state index contributed by atoms with van der Waals surface area (Å²) in [5.74, 6) is 0.466. The minimum Gasteiger partial charge on any atom is -0.381 e. The Morgan fingerprint density at radius 2 is 2.25 bits per heavy atom. The molecule has 2 aliphatic heterocycles. The molecule has 2 aliphatic rings. The molecule has 2 atom stereocenters. The first kappa shape index (κ1) is 16.7. The second kappa shape index (κ2) is 7.60. The number of nitro groups is 1. The Bertz CT molecular complexity index is 615. The molecule has 2 saturated heterocycles. The minimum atomic E-state index is -0.438. The third-order valence-corrected chi connectivity index (χ3v) is 4.94. The first-order valence-corrected chi connectivity index (χ1v) is 8.43. The van der Waals surface area contributed by atoms with Crippen molar-refractivity contribution in [3.05, 3.63) is 33.9 Å². The Morgan fingerprint density at radius 3 is 2.88 bits per heavy atom. The van der Waals surface area contributed by atoms with Gasteiger partial charge in [-0.05, 0) is 44.5 Å².